The van der Waals surface area contributed by atoms with Gasteiger partial charge in [0.2, 0.25) is 5.91 Å². The number of aryl methyl sites for hydroxylation is 1. The van der Waals surface area contributed by atoms with Crippen molar-refractivity contribution in [2.45, 2.75) is 6.92 Å². The number of hydrogen-bond donors (Lipinski definition) is 1. The highest BCUT2D eigenvalue weighted by Crippen LogP contribution is 2.26. The lowest BCUT2D eigenvalue weighted by molar-refractivity contribution is -0.118. The number of amides is 1. The number of aromatic nitrogens is 3. The van der Waals surface area contributed by atoms with Crippen molar-refractivity contribution in [3.63, 3.8) is 0 Å². The normalized spacial score (nSPS) is 15.1. The van der Waals surface area contributed by atoms with Gasteiger partial charge in [0.25, 0.3) is 0 Å². The van der Waals surface area contributed by atoms with E-state index in [-0.39, 0.29) is 5.91 Å². The molecule has 1 fully saturated rings. The number of nitrogens with one attached hydrogen (secondary N) is 1. The molecule has 1 aliphatic rings. The zero-order valence-corrected chi connectivity index (χ0v) is 15.8. The molecule has 136 valence electrons. The standard InChI is InChI=1S/C18H18BN5O2S/c1-11-22-23-18(27-11)12-2-3-13-9-20-17(16(19)14(13)8-12)21-15(25)10-24-4-6-26-7-5-24/h2-3,8-9H,4-7,10H2,1H3,(H,20,21,25). The van der Waals surface area contributed by atoms with Gasteiger partial charge in [0.15, 0.2) is 0 Å². The molecule has 7 nitrogen and oxygen atoms in total. The maximum Gasteiger partial charge on any atom is 0.239 e. The zero-order valence-electron chi connectivity index (χ0n) is 14.9. The Morgan fingerprint density at radius 1 is 1.33 bits per heavy atom. The molecule has 1 N–H and O–H groups in total. The van der Waals surface area contributed by atoms with Crippen LogP contribution in [-0.4, -0.2) is 66.7 Å². The number of fused-ring (bicyclic) bond motifs is 1. The third kappa shape index (κ3) is 4.00. The maximum absolute atomic E-state index is 12.4. The zero-order chi connectivity index (χ0) is 18.8. The van der Waals surface area contributed by atoms with Gasteiger partial charge in [0, 0.05) is 24.8 Å². The van der Waals surface area contributed by atoms with E-state index in [1.54, 1.807) is 6.20 Å². The van der Waals surface area contributed by atoms with Gasteiger partial charge in [0.1, 0.15) is 23.7 Å². The molecule has 0 bridgehead atoms. The second-order valence-electron chi connectivity index (χ2n) is 6.39. The number of carbonyl (C=O) groups excluding carboxylic acids is 1. The van der Waals surface area contributed by atoms with Crippen LogP contribution in [0.3, 0.4) is 0 Å². The summed E-state index contributed by atoms with van der Waals surface area (Å²) in [5.41, 5.74) is 1.39. The molecular weight excluding hydrogens is 361 g/mol. The Morgan fingerprint density at radius 2 is 2.15 bits per heavy atom. The number of pyridine rings is 1. The van der Waals surface area contributed by atoms with Gasteiger partial charge in [0.05, 0.1) is 19.8 Å². The number of morpholine rings is 1. The summed E-state index contributed by atoms with van der Waals surface area (Å²) in [6.45, 7) is 5.02. The van der Waals surface area contributed by atoms with Crippen molar-refractivity contribution in [3.8, 4) is 10.6 Å². The summed E-state index contributed by atoms with van der Waals surface area (Å²) in [6, 6.07) is 5.88. The van der Waals surface area contributed by atoms with E-state index >= 15 is 0 Å². The van der Waals surface area contributed by atoms with E-state index in [0.717, 1.165) is 39.4 Å². The summed E-state index contributed by atoms with van der Waals surface area (Å²) in [6.07, 6.45) is 1.71. The van der Waals surface area contributed by atoms with Gasteiger partial charge in [-0.05, 0) is 29.2 Å². The third-order valence-electron chi connectivity index (χ3n) is 4.43. The second-order valence-corrected chi connectivity index (χ2v) is 7.57. The van der Waals surface area contributed by atoms with E-state index in [0.29, 0.717) is 31.0 Å². The summed E-state index contributed by atoms with van der Waals surface area (Å²) in [5, 5.41) is 14.6. The van der Waals surface area contributed by atoms with Crippen molar-refractivity contribution in [3.05, 3.63) is 29.4 Å². The molecule has 3 heterocycles. The molecule has 0 spiro atoms. The van der Waals surface area contributed by atoms with Gasteiger partial charge in [-0.3, -0.25) is 9.69 Å². The van der Waals surface area contributed by atoms with E-state index in [9.17, 15) is 4.79 Å². The minimum Gasteiger partial charge on any atom is -0.379 e. The average Bonchev–Trinajstić information content (AvgIpc) is 3.11. The fraction of sp³-hybridized carbons (Fsp3) is 0.333. The van der Waals surface area contributed by atoms with Gasteiger partial charge in [-0.25, -0.2) is 4.98 Å². The van der Waals surface area contributed by atoms with Crippen molar-refractivity contribution >= 4 is 47.1 Å². The van der Waals surface area contributed by atoms with Gasteiger partial charge < -0.3 is 10.1 Å². The van der Waals surface area contributed by atoms with Crippen LogP contribution in [0.2, 0.25) is 0 Å². The molecule has 3 aromatic rings. The first-order valence-electron chi connectivity index (χ1n) is 8.69. The fourth-order valence-electron chi connectivity index (χ4n) is 3.01. The van der Waals surface area contributed by atoms with Crippen LogP contribution in [0.15, 0.2) is 24.4 Å². The first-order chi connectivity index (χ1) is 13.1. The average molecular weight is 379 g/mol. The van der Waals surface area contributed by atoms with Crippen LogP contribution in [0.25, 0.3) is 21.3 Å². The van der Waals surface area contributed by atoms with Crippen LogP contribution in [0.5, 0.6) is 0 Å². The molecule has 0 unspecified atom stereocenters. The summed E-state index contributed by atoms with van der Waals surface area (Å²) in [4.78, 5) is 18.7. The van der Waals surface area contributed by atoms with Gasteiger partial charge >= 0.3 is 0 Å². The molecule has 2 aromatic heterocycles. The van der Waals surface area contributed by atoms with Crippen molar-refractivity contribution in [2.24, 2.45) is 0 Å². The molecular formula is C18H18BN5O2S. The Kier molecular flexibility index (Phi) is 5.15. The highest BCUT2D eigenvalue weighted by atomic mass is 32.1. The molecule has 4 rings (SSSR count). The molecule has 1 aliphatic heterocycles. The highest BCUT2D eigenvalue weighted by Gasteiger charge is 2.16. The Bertz CT molecular complexity index is 987. The van der Waals surface area contributed by atoms with E-state index in [1.807, 2.05) is 30.0 Å². The minimum absolute atomic E-state index is 0.133. The predicted molar refractivity (Wildman–Crippen MR) is 107 cm³/mol. The number of ether oxygens (including phenoxy) is 1. The van der Waals surface area contributed by atoms with E-state index < -0.39 is 0 Å². The number of hydrogen-bond acceptors (Lipinski definition) is 7. The van der Waals surface area contributed by atoms with E-state index in [2.05, 4.69) is 20.5 Å². The Hall–Kier alpha value is -2.36. The molecule has 27 heavy (non-hydrogen) atoms. The van der Waals surface area contributed by atoms with Crippen LogP contribution < -0.4 is 10.8 Å². The Labute approximate surface area is 162 Å². The number of nitrogens with zero attached hydrogens (tertiary/aromatic N) is 4. The van der Waals surface area contributed by atoms with Crippen molar-refractivity contribution < 1.29 is 9.53 Å². The van der Waals surface area contributed by atoms with Gasteiger partial charge in [-0.2, -0.15) is 0 Å². The van der Waals surface area contributed by atoms with E-state index in [1.165, 1.54) is 11.3 Å². The molecule has 9 heteroatoms. The fourth-order valence-corrected chi connectivity index (χ4v) is 3.70. The van der Waals surface area contributed by atoms with Gasteiger partial charge in [-0.15, -0.1) is 10.2 Å². The SMILES string of the molecule is [B]c1c(NC(=O)CN2CCOCC2)ncc2ccc(-c3nnc(C)s3)cc12. The Balaban J connectivity index is 1.57. The smallest absolute Gasteiger partial charge is 0.239 e. The molecule has 1 amide bonds. The van der Waals surface area contributed by atoms with Crippen LogP contribution in [0.1, 0.15) is 5.01 Å². The number of benzene rings is 1. The molecule has 1 aromatic carbocycles. The third-order valence-corrected chi connectivity index (χ3v) is 5.32. The summed E-state index contributed by atoms with van der Waals surface area (Å²) >= 11 is 1.53. The van der Waals surface area contributed by atoms with Crippen LogP contribution >= 0.6 is 11.3 Å². The quantitative estimate of drug-likeness (QED) is 0.685. The number of rotatable bonds is 4. The number of anilines is 1. The van der Waals surface area contributed by atoms with Crippen molar-refractivity contribution in [1.82, 2.24) is 20.1 Å². The monoisotopic (exact) mass is 379 g/mol. The molecule has 0 aliphatic carbocycles. The van der Waals surface area contributed by atoms with Crippen molar-refractivity contribution in [2.75, 3.05) is 38.2 Å². The predicted octanol–water partition coefficient (Wildman–Crippen LogP) is 1.13. The maximum atomic E-state index is 12.4. The molecule has 1 saturated heterocycles. The Morgan fingerprint density at radius 3 is 2.89 bits per heavy atom. The highest BCUT2D eigenvalue weighted by molar-refractivity contribution is 7.14. The second kappa shape index (κ2) is 7.71. The molecule has 2 radical (unpaired) electrons. The van der Waals surface area contributed by atoms with Crippen LogP contribution in [0.4, 0.5) is 5.82 Å². The minimum atomic E-state index is -0.133. The lowest BCUT2D eigenvalue weighted by atomic mass is 9.90. The first kappa shape index (κ1) is 18.0. The summed E-state index contributed by atoms with van der Waals surface area (Å²) in [5.74, 6) is 0.248. The summed E-state index contributed by atoms with van der Waals surface area (Å²) < 4.78 is 5.30. The topological polar surface area (TPSA) is 80.2 Å². The van der Waals surface area contributed by atoms with Gasteiger partial charge in [-0.1, -0.05) is 23.5 Å². The molecule has 0 atom stereocenters. The first-order valence-corrected chi connectivity index (χ1v) is 9.50. The molecule has 0 saturated carbocycles. The van der Waals surface area contributed by atoms with Crippen LogP contribution in [-0.2, 0) is 9.53 Å². The lowest BCUT2D eigenvalue weighted by Crippen LogP contribution is -2.41. The van der Waals surface area contributed by atoms with E-state index in [4.69, 9.17) is 12.6 Å². The summed E-state index contributed by atoms with van der Waals surface area (Å²) in [7, 11) is 6.31. The van der Waals surface area contributed by atoms with Crippen LogP contribution in [0, 0.1) is 6.92 Å². The lowest BCUT2D eigenvalue weighted by Gasteiger charge is -2.25. The largest absolute Gasteiger partial charge is 0.379 e. The number of carbonyl (C=O) groups is 1. The van der Waals surface area contributed by atoms with Crippen molar-refractivity contribution in [1.29, 1.82) is 0 Å².